The van der Waals surface area contributed by atoms with E-state index in [0.29, 0.717) is 6.54 Å². The molecule has 0 fully saturated rings. The Bertz CT molecular complexity index is 526. The van der Waals surface area contributed by atoms with E-state index in [9.17, 15) is 0 Å². The summed E-state index contributed by atoms with van der Waals surface area (Å²) >= 11 is 0. The Morgan fingerprint density at radius 1 is 1.21 bits per heavy atom. The Labute approximate surface area is 112 Å². The van der Waals surface area contributed by atoms with E-state index >= 15 is 0 Å². The number of anilines is 2. The number of nitrogens with zero attached hydrogens (tertiary/aromatic N) is 4. The summed E-state index contributed by atoms with van der Waals surface area (Å²) < 4.78 is 0. The van der Waals surface area contributed by atoms with Crippen molar-refractivity contribution in [1.29, 1.82) is 0 Å². The van der Waals surface area contributed by atoms with Crippen LogP contribution in [-0.2, 0) is 6.54 Å². The van der Waals surface area contributed by atoms with Gasteiger partial charge in [0, 0.05) is 25.2 Å². The SMILES string of the molecule is CNc1cc(NCc2cccnn2)nc(C(C)C)n1. The number of hydrogen-bond acceptors (Lipinski definition) is 6. The molecule has 2 aromatic heterocycles. The molecule has 2 rings (SSSR count). The van der Waals surface area contributed by atoms with E-state index < -0.39 is 0 Å². The fourth-order valence-electron chi connectivity index (χ4n) is 1.55. The zero-order valence-electron chi connectivity index (χ0n) is 11.4. The summed E-state index contributed by atoms with van der Waals surface area (Å²) in [5, 5.41) is 14.1. The second-order valence-corrected chi connectivity index (χ2v) is 4.47. The highest BCUT2D eigenvalue weighted by atomic mass is 15.1. The second-order valence-electron chi connectivity index (χ2n) is 4.47. The third-order valence-electron chi connectivity index (χ3n) is 2.59. The molecule has 0 atom stereocenters. The molecule has 0 saturated heterocycles. The monoisotopic (exact) mass is 258 g/mol. The van der Waals surface area contributed by atoms with Crippen molar-refractivity contribution in [3.8, 4) is 0 Å². The van der Waals surface area contributed by atoms with Gasteiger partial charge in [0.05, 0.1) is 12.2 Å². The van der Waals surface area contributed by atoms with Crippen molar-refractivity contribution in [2.45, 2.75) is 26.3 Å². The van der Waals surface area contributed by atoms with E-state index in [-0.39, 0.29) is 5.92 Å². The minimum Gasteiger partial charge on any atom is -0.373 e. The molecule has 0 radical (unpaired) electrons. The molecule has 6 heteroatoms. The molecular formula is C13H18N6. The Balaban J connectivity index is 2.13. The van der Waals surface area contributed by atoms with Crippen LogP contribution in [0.4, 0.5) is 11.6 Å². The lowest BCUT2D eigenvalue weighted by Gasteiger charge is -2.11. The van der Waals surface area contributed by atoms with Gasteiger partial charge in [-0.1, -0.05) is 13.8 Å². The summed E-state index contributed by atoms with van der Waals surface area (Å²) in [6, 6.07) is 5.66. The highest BCUT2D eigenvalue weighted by molar-refractivity contribution is 5.47. The average molecular weight is 258 g/mol. The smallest absolute Gasteiger partial charge is 0.135 e. The lowest BCUT2D eigenvalue weighted by Crippen LogP contribution is -2.08. The van der Waals surface area contributed by atoms with Crippen LogP contribution < -0.4 is 10.6 Å². The van der Waals surface area contributed by atoms with Crippen LogP contribution in [0.3, 0.4) is 0 Å². The molecule has 2 aromatic rings. The van der Waals surface area contributed by atoms with Crippen molar-refractivity contribution in [2.75, 3.05) is 17.7 Å². The number of aromatic nitrogens is 4. The zero-order valence-corrected chi connectivity index (χ0v) is 11.4. The fourth-order valence-corrected chi connectivity index (χ4v) is 1.55. The van der Waals surface area contributed by atoms with Crippen LogP contribution in [0.5, 0.6) is 0 Å². The van der Waals surface area contributed by atoms with Crippen LogP contribution in [0.2, 0.25) is 0 Å². The molecule has 100 valence electrons. The first-order valence-corrected chi connectivity index (χ1v) is 6.26. The van der Waals surface area contributed by atoms with Crippen LogP contribution in [-0.4, -0.2) is 27.2 Å². The summed E-state index contributed by atoms with van der Waals surface area (Å²) in [5.41, 5.74) is 0.873. The second kappa shape index (κ2) is 6.08. The largest absolute Gasteiger partial charge is 0.373 e. The predicted molar refractivity (Wildman–Crippen MR) is 75.0 cm³/mol. The normalized spacial score (nSPS) is 10.5. The first-order valence-electron chi connectivity index (χ1n) is 6.26. The van der Waals surface area contributed by atoms with E-state index in [1.54, 1.807) is 6.20 Å². The molecule has 2 heterocycles. The highest BCUT2D eigenvalue weighted by Crippen LogP contribution is 2.16. The van der Waals surface area contributed by atoms with Crippen molar-refractivity contribution in [2.24, 2.45) is 0 Å². The molecule has 6 nitrogen and oxygen atoms in total. The molecule has 0 aliphatic heterocycles. The maximum Gasteiger partial charge on any atom is 0.135 e. The van der Waals surface area contributed by atoms with E-state index in [0.717, 1.165) is 23.2 Å². The zero-order chi connectivity index (χ0) is 13.7. The molecule has 0 saturated carbocycles. The van der Waals surface area contributed by atoms with Crippen LogP contribution in [0.25, 0.3) is 0 Å². The van der Waals surface area contributed by atoms with E-state index in [4.69, 9.17) is 0 Å². The van der Waals surface area contributed by atoms with Gasteiger partial charge in [0.15, 0.2) is 0 Å². The standard InChI is InChI=1S/C13H18N6/c1-9(2)13-17-11(14-3)7-12(18-13)15-8-10-5-4-6-16-19-10/h4-7,9H,8H2,1-3H3,(H2,14,15,17,18). The first-order chi connectivity index (χ1) is 9.19. The van der Waals surface area contributed by atoms with Crippen molar-refractivity contribution in [3.05, 3.63) is 35.9 Å². The lowest BCUT2D eigenvalue weighted by atomic mass is 10.2. The van der Waals surface area contributed by atoms with Gasteiger partial charge in [-0.05, 0) is 12.1 Å². The van der Waals surface area contributed by atoms with Gasteiger partial charge in [-0.25, -0.2) is 9.97 Å². The Morgan fingerprint density at radius 2 is 2.00 bits per heavy atom. The van der Waals surface area contributed by atoms with Gasteiger partial charge >= 0.3 is 0 Å². The lowest BCUT2D eigenvalue weighted by molar-refractivity contribution is 0.775. The van der Waals surface area contributed by atoms with Crippen molar-refractivity contribution in [1.82, 2.24) is 20.2 Å². The third kappa shape index (κ3) is 3.61. The summed E-state index contributed by atoms with van der Waals surface area (Å²) in [6.45, 7) is 4.73. The maximum absolute atomic E-state index is 4.49. The number of nitrogens with one attached hydrogen (secondary N) is 2. The molecular weight excluding hydrogens is 240 g/mol. The summed E-state index contributed by atoms with van der Waals surface area (Å²) in [6.07, 6.45) is 1.66. The van der Waals surface area contributed by atoms with Crippen molar-refractivity contribution >= 4 is 11.6 Å². The van der Waals surface area contributed by atoms with Gasteiger partial charge < -0.3 is 10.6 Å². The van der Waals surface area contributed by atoms with Crippen LogP contribution >= 0.6 is 0 Å². The van der Waals surface area contributed by atoms with Crippen LogP contribution in [0.1, 0.15) is 31.3 Å². The van der Waals surface area contributed by atoms with E-state index in [2.05, 4.69) is 44.6 Å². The topological polar surface area (TPSA) is 75.6 Å². The molecule has 0 amide bonds. The molecule has 0 aromatic carbocycles. The van der Waals surface area contributed by atoms with Crippen molar-refractivity contribution < 1.29 is 0 Å². The first kappa shape index (κ1) is 13.2. The van der Waals surface area contributed by atoms with Gasteiger partial charge in [0.25, 0.3) is 0 Å². The van der Waals surface area contributed by atoms with Gasteiger partial charge in [-0.3, -0.25) is 0 Å². The highest BCUT2D eigenvalue weighted by Gasteiger charge is 2.07. The van der Waals surface area contributed by atoms with Gasteiger partial charge in [0.2, 0.25) is 0 Å². The van der Waals surface area contributed by atoms with Crippen LogP contribution in [0.15, 0.2) is 24.4 Å². The Kier molecular flexibility index (Phi) is 4.22. The van der Waals surface area contributed by atoms with Gasteiger partial charge in [-0.15, -0.1) is 0 Å². The summed E-state index contributed by atoms with van der Waals surface area (Å²) in [7, 11) is 1.85. The van der Waals surface area contributed by atoms with E-state index in [1.165, 1.54) is 0 Å². The molecule has 0 bridgehead atoms. The van der Waals surface area contributed by atoms with Gasteiger partial charge in [-0.2, -0.15) is 10.2 Å². The van der Waals surface area contributed by atoms with Crippen molar-refractivity contribution in [3.63, 3.8) is 0 Å². The van der Waals surface area contributed by atoms with E-state index in [1.807, 2.05) is 25.2 Å². The molecule has 0 unspecified atom stereocenters. The predicted octanol–water partition coefficient (Wildman–Crippen LogP) is 2.04. The molecule has 2 N–H and O–H groups in total. The fraction of sp³-hybridized carbons (Fsp3) is 0.385. The minimum absolute atomic E-state index is 0.283. The number of hydrogen-bond donors (Lipinski definition) is 2. The molecule has 0 aliphatic carbocycles. The van der Waals surface area contributed by atoms with Crippen LogP contribution in [0, 0.1) is 0 Å². The summed E-state index contributed by atoms with van der Waals surface area (Å²) in [4.78, 5) is 8.90. The average Bonchev–Trinajstić information content (AvgIpc) is 2.45. The van der Waals surface area contributed by atoms with Gasteiger partial charge in [0.1, 0.15) is 17.5 Å². The third-order valence-corrected chi connectivity index (χ3v) is 2.59. The maximum atomic E-state index is 4.49. The molecule has 0 spiro atoms. The minimum atomic E-state index is 0.283. The molecule has 0 aliphatic rings. The quantitative estimate of drug-likeness (QED) is 0.854. The molecule has 19 heavy (non-hydrogen) atoms. The Morgan fingerprint density at radius 3 is 2.63 bits per heavy atom. The summed E-state index contributed by atoms with van der Waals surface area (Å²) in [5.74, 6) is 2.69. The number of rotatable bonds is 5. The Hall–Kier alpha value is -2.24.